The van der Waals surface area contributed by atoms with Gasteiger partial charge in [-0.1, -0.05) is 35.9 Å². The highest BCUT2D eigenvalue weighted by Crippen LogP contribution is 2.14. The molecular weight excluding hydrogens is 283 g/mol. The normalized spacial score (nSPS) is 10.3. The summed E-state index contributed by atoms with van der Waals surface area (Å²) < 4.78 is 13.0. The van der Waals surface area contributed by atoms with Crippen molar-refractivity contribution in [3.8, 4) is 0 Å². The molecule has 0 saturated heterocycles. The van der Waals surface area contributed by atoms with Crippen LogP contribution in [0.25, 0.3) is 0 Å². The van der Waals surface area contributed by atoms with Crippen molar-refractivity contribution >= 4 is 17.5 Å². The maximum atomic E-state index is 13.0. The van der Waals surface area contributed by atoms with Crippen molar-refractivity contribution in [2.24, 2.45) is 0 Å². The van der Waals surface area contributed by atoms with Crippen molar-refractivity contribution < 1.29 is 14.3 Å². The van der Waals surface area contributed by atoms with Crippen molar-refractivity contribution in [3.05, 3.63) is 64.2 Å². The number of carbonyl (C=O) groups excluding carboxylic acids is 1. The molecule has 0 fully saturated rings. The number of hydrogen-bond acceptors (Lipinski definition) is 3. The minimum atomic E-state index is -0.623. The predicted molar refractivity (Wildman–Crippen MR) is 72.7 cm³/mol. The molecule has 0 aliphatic heterocycles. The Bertz CT molecular complexity index is 634. The number of aliphatic hydroxyl groups excluding tert-OH is 1. The lowest BCUT2D eigenvalue weighted by Crippen LogP contribution is -2.23. The molecule has 2 aromatic rings. The molecule has 0 saturated carbocycles. The standard InChI is InChI=1S/C14H12ClFN2O2/c15-13-12(5-11(16)7-17-13)14(20)18-6-9-2-1-3-10(4-9)8-19/h1-5,7,19H,6,8H2,(H,18,20). The van der Waals surface area contributed by atoms with E-state index in [4.69, 9.17) is 16.7 Å². The minimum Gasteiger partial charge on any atom is -0.392 e. The van der Waals surface area contributed by atoms with E-state index in [1.807, 2.05) is 6.07 Å². The molecule has 1 amide bonds. The van der Waals surface area contributed by atoms with Crippen molar-refractivity contribution in [2.45, 2.75) is 13.2 Å². The van der Waals surface area contributed by atoms with Crippen LogP contribution in [-0.4, -0.2) is 16.0 Å². The number of carbonyl (C=O) groups is 1. The second kappa shape index (κ2) is 6.45. The van der Waals surface area contributed by atoms with Gasteiger partial charge >= 0.3 is 0 Å². The summed E-state index contributed by atoms with van der Waals surface area (Å²) in [6.45, 7) is 0.181. The summed E-state index contributed by atoms with van der Waals surface area (Å²) in [5.41, 5.74) is 1.57. The molecule has 1 heterocycles. The zero-order valence-corrected chi connectivity index (χ0v) is 11.2. The Kier molecular flexibility index (Phi) is 4.65. The molecule has 2 rings (SSSR count). The van der Waals surface area contributed by atoms with E-state index < -0.39 is 11.7 Å². The smallest absolute Gasteiger partial charge is 0.254 e. The number of rotatable bonds is 4. The zero-order valence-electron chi connectivity index (χ0n) is 10.4. The third kappa shape index (κ3) is 3.53. The molecule has 2 N–H and O–H groups in total. The fraction of sp³-hybridized carbons (Fsp3) is 0.143. The van der Waals surface area contributed by atoms with Gasteiger partial charge in [0, 0.05) is 6.54 Å². The first-order valence-electron chi connectivity index (χ1n) is 5.88. The molecule has 4 nitrogen and oxygen atoms in total. The van der Waals surface area contributed by atoms with Crippen LogP contribution in [-0.2, 0) is 13.2 Å². The van der Waals surface area contributed by atoms with Crippen LogP contribution >= 0.6 is 11.6 Å². The first-order valence-corrected chi connectivity index (χ1v) is 6.26. The highest BCUT2D eigenvalue weighted by Gasteiger charge is 2.12. The summed E-state index contributed by atoms with van der Waals surface area (Å²) in [4.78, 5) is 15.5. The third-order valence-corrected chi connectivity index (χ3v) is 2.98. The SMILES string of the molecule is O=C(NCc1cccc(CO)c1)c1cc(F)cnc1Cl. The Morgan fingerprint density at radius 2 is 2.10 bits per heavy atom. The van der Waals surface area contributed by atoms with E-state index in [9.17, 15) is 9.18 Å². The van der Waals surface area contributed by atoms with E-state index in [-0.39, 0.29) is 23.9 Å². The molecule has 0 bridgehead atoms. The van der Waals surface area contributed by atoms with Crippen LogP contribution < -0.4 is 5.32 Å². The Labute approximate surface area is 120 Å². The number of halogens is 2. The lowest BCUT2D eigenvalue weighted by molar-refractivity contribution is 0.0950. The molecular formula is C14H12ClFN2O2. The van der Waals surface area contributed by atoms with Gasteiger partial charge < -0.3 is 10.4 Å². The number of aliphatic hydroxyl groups is 1. The van der Waals surface area contributed by atoms with E-state index in [0.717, 1.165) is 23.4 Å². The van der Waals surface area contributed by atoms with Crippen molar-refractivity contribution in [1.29, 1.82) is 0 Å². The van der Waals surface area contributed by atoms with Gasteiger partial charge in [-0.3, -0.25) is 4.79 Å². The molecule has 0 aliphatic carbocycles. The summed E-state index contributed by atoms with van der Waals surface area (Å²) >= 11 is 5.75. The fourth-order valence-corrected chi connectivity index (χ4v) is 1.89. The monoisotopic (exact) mass is 294 g/mol. The number of amides is 1. The molecule has 0 unspecified atom stereocenters. The van der Waals surface area contributed by atoms with Gasteiger partial charge in [0.1, 0.15) is 11.0 Å². The molecule has 0 atom stereocenters. The zero-order chi connectivity index (χ0) is 14.5. The lowest BCUT2D eigenvalue weighted by Gasteiger charge is -2.07. The van der Waals surface area contributed by atoms with E-state index in [2.05, 4.69) is 10.3 Å². The van der Waals surface area contributed by atoms with Gasteiger partial charge in [0.25, 0.3) is 5.91 Å². The molecule has 6 heteroatoms. The van der Waals surface area contributed by atoms with Crippen LogP contribution in [0.3, 0.4) is 0 Å². The van der Waals surface area contributed by atoms with Crippen LogP contribution in [0.5, 0.6) is 0 Å². The average molecular weight is 295 g/mol. The highest BCUT2D eigenvalue weighted by atomic mass is 35.5. The number of hydrogen-bond donors (Lipinski definition) is 2. The Morgan fingerprint density at radius 1 is 1.35 bits per heavy atom. The molecule has 0 spiro atoms. The number of aromatic nitrogens is 1. The van der Waals surface area contributed by atoms with Crippen LogP contribution in [0.2, 0.25) is 5.15 Å². The Morgan fingerprint density at radius 3 is 2.85 bits per heavy atom. The fourth-order valence-electron chi connectivity index (χ4n) is 1.70. The number of pyridine rings is 1. The Balaban J connectivity index is 2.06. The molecule has 104 valence electrons. The predicted octanol–water partition coefficient (Wildman–Crippen LogP) is 2.30. The van der Waals surface area contributed by atoms with E-state index in [1.54, 1.807) is 18.2 Å². The van der Waals surface area contributed by atoms with E-state index >= 15 is 0 Å². The maximum Gasteiger partial charge on any atom is 0.254 e. The molecule has 1 aromatic carbocycles. The quantitative estimate of drug-likeness (QED) is 0.851. The molecule has 1 aromatic heterocycles. The largest absolute Gasteiger partial charge is 0.392 e. The molecule has 0 radical (unpaired) electrons. The lowest BCUT2D eigenvalue weighted by atomic mass is 10.1. The van der Waals surface area contributed by atoms with Gasteiger partial charge in [-0.15, -0.1) is 0 Å². The van der Waals surface area contributed by atoms with Gasteiger partial charge in [-0.25, -0.2) is 9.37 Å². The topological polar surface area (TPSA) is 62.2 Å². The number of nitrogens with zero attached hydrogens (tertiary/aromatic N) is 1. The first-order chi connectivity index (χ1) is 9.60. The second-order valence-electron chi connectivity index (χ2n) is 4.15. The maximum absolute atomic E-state index is 13.0. The van der Waals surface area contributed by atoms with Crippen molar-refractivity contribution in [3.63, 3.8) is 0 Å². The number of nitrogens with one attached hydrogen (secondary N) is 1. The second-order valence-corrected chi connectivity index (χ2v) is 4.51. The van der Waals surface area contributed by atoms with E-state index in [0.29, 0.717) is 0 Å². The minimum absolute atomic E-state index is 0.00928. The van der Waals surface area contributed by atoms with Gasteiger partial charge in [0.2, 0.25) is 0 Å². The summed E-state index contributed by atoms with van der Waals surface area (Å²) in [6.07, 6.45) is 0.948. The first kappa shape index (κ1) is 14.4. The number of benzene rings is 1. The summed E-state index contributed by atoms with van der Waals surface area (Å²) in [6, 6.07) is 8.17. The summed E-state index contributed by atoms with van der Waals surface area (Å²) in [7, 11) is 0. The van der Waals surface area contributed by atoms with E-state index in [1.165, 1.54) is 0 Å². The van der Waals surface area contributed by atoms with Crippen LogP contribution in [0, 0.1) is 5.82 Å². The van der Waals surface area contributed by atoms with Crippen molar-refractivity contribution in [2.75, 3.05) is 0 Å². The highest BCUT2D eigenvalue weighted by molar-refractivity contribution is 6.32. The van der Waals surface area contributed by atoms with Crippen LogP contribution in [0.15, 0.2) is 36.5 Å². The average Bonchev–Trinajstić information content (AvgIpc) is 2.47. The van der Waals surface area contributed by atoms with Crippen LogP contribution in [0.1, 0.15) is 21.5 Å². The Hall–Kier alpha value is -1.98. The molecule has 0 aliphatic rings. The third-order valence-electron chi connectivity index (χ3n) is 2.68. The van der Waals surface area contributed by atoms with Gasteiger partial charge in [-0.05, 0) is 17.2 Å². The molecule has 20 heavy (non-hydrogen) atoms. The van der Waals surface area contributed by atoms with Gasteiger partial charge in [0.15, 0.2) is 0 Å². The summed E-state index contributed by atoms with van der Waals surface area (Å²) in [5, 5.41) is 11.6. The van der Waals surface area contributed by atoms with Gasteiger partial charge in [-0.2, -0.15) is 0 Å². The van der Waals surface area contributed by atoms with Gasteiger partial charge in [0.05, 0.1) is 18.4 Å². The van der Waals surface area contributed by atoms with Crippen molar-refractivity contribution in [1.82, 2.24) is 10.3 Å². The summed E-state index contributed by atoms with van der Waals surface area (Å²) in [5.74, 6) is -1.13. The van der Waals surface area contributed by atoms with Crippen LogP contribution in [0.4, 0.5) is 4.39 Å².